The van der Waals surface area contributed by atoms with Gasteiger partial charge in [0.15, 0.2) is 0 Å². The van der Waals surface area contributed by atoms with Crippen molar-refractivity contribution in [2.75, 3.05) is 0 Å². The number of hydrogen-bond acceptors (Lipinski definition) is 3. The topological polar surface area (TPSA) is 39.2 Å². The molecule has 0 spiro atoms. The fourth-order valence-electron chi connectivity index (χ4n) is 1.40. The first-order valence-corrected chi connectivity index (χ1v) is 6.46. The van der Waals surface area contributed by atoms with Crippen molar-refractivity contribution in [3.8, 4) is 0 Å². The predicted molar refractivity (Wildman–Crippen MR) is 72.5 cm³/mol. The molecule has 1 aromatic carbocycles. The van der Waals surface area contributed by atoms with Crippen LogP contribution in [-0.4, -0.2) is 11.0 Å². The van der Waals surface area contributed by atoms with Crippen molar-refractivity contribution in [3.63, 3.8) is 0 Å². The summed E-state index contributed by atoms with van der Waals surface area (Å²) in [6, 6.07) is 7.58. The molecule has 98 valence electrons. The monoisotopic (exact) mass is 343 g/mol. The Labute approximate surface area is 122 Å². The number of carbonyl (C=O) groups is 1. The van der Waals surface area contributed by atoms with Crippen LogP contribution in [0.5, 0.6) is 0 Å². The highest BCUT2D eigenvalue weighted by Gasteiger charge is 2.14. The minimum Gasteiger partial charge on any atom is -0.457 e. The maximum absolute atomic E-state index is 13.3. The largest absolute Gasteiger partial charge is 0.457 e. The summed E-state index contributed by atoms with van der Waals surface area (Å²) >= 11 is 8.98. The lowest BCUT2D eigenvalue weighted by molar-refractivity contribution is 0.0468. The zero-order valence-corrected chi connectivity index (χ0v) is 11.9. The average Bonchev–Trinajstić information content (AvgIpc) is 2.40. The Bertz CT molecular complexity index is 621. The number of carbonyl (C=O) groups excluding carboxylic acids is 1. The quantitative estimate of drug-likeness (QED) is 0.624. The molecule has 0 radical (unpaired) electrons. The summed E-state index contributed by atoms with van der Waals surface area (Å²) in [4.78, 5) is 15.6. The standard InChI is InChI=1S/C13H8BrClFNO2/c14-9-5-10(12(15)17-6-9)13(18)19-7-8-3-1-2-4-11(8)16/h1-6H,7H2. The fraction of sp³-hybridized carbons (Fsp3) is 0.0769. The van der Waals surface area contributed by atoms with Crippen LogP contribution in [0, 0.1) is 5.82 Å². The molecule has 2 rings (SSSR count). The van der Waals surface area contributed by atoms with Crippen molar-refractivity contribution in [1.29, 1.82) is 0 Å². The maximum Gasteiger partial charge on any atom is 0.341 e. The number of hydrogen-bond donors (Lipinski definition) is 0. The van der Waals surface area contributed by atoms with E-state index in [1.54, 1.807) is 18.2 Å². The molecule has 0 aliphatic carbocycles. The molecular formula is C13H8BrClFNO2. The smallest absolute Gasteiger partial charge is 0.341 e. The number of esters is 1. The van der Waals surface area contributed by atoms with Gasteiger partial charge in [0.2, 0.25) is 0 Å². The fourth-order valence-corrected chi connectivity index (χ4v) is 1.91. The molecule has 1 aromatic heterocycles. The number of ether oxygens (including phenoxy) is 1. The van der Waals surface area contributed by atoms with Crippen molar-refractivity contribution in [1.82, 2.24) is 4.98 Å². The molecule has 0 aliphatic heterocycles. The molecule has 1 heterocycles. The lowest BCUT2D eigenvalue weighted by atomic mass is 10.2. The van der Waals surface area contributed by atoms with Gasteiger partial charge >= 0.3 is 5.97 Å². The molecule has 0 fully saturated rings. The Kier molecular flexibility index (Phi) is 4.50. The summed E-state index contributed by atoms with van der Waals surface area (Å²) in [5, 5.41) is 0.0433. The van der Waals surface area contributed by atoms with Crippen LogP contribution in [0.4, 0.5) is 4.39 Å². The summed E-state index contributed by atoms with van der Waals surface area (Å²) in [5.41, 5.74) is 0.433. The normalized spacial score (nSPS) is 10.3. The van der Waals surface area contributed by atoms with E-state index < -0.39 is 11.8 Å². The van der Waals surface area contributed by atoms with Crippen LogP contribution in [-0.2, 0) is 11.3 Å². The Morgan fingerprint density at radius 3 is 2.89 bits per heavy atom. The molecule has 19 heavy (non-hydrogen) atoms. The molecule has 3 nitrogen and oxygen atoms in total. The summed E-state index contributed by atoms with van der Waals surface area (Å²) in [7, 11) is 0. The van der Waals surface area contributed by atoms with Crippen LogP contribution in [0.25, 0.3) is 0 Å². The first-order valence-electron chi connectivity index (χ1n) is 5.29. The van der Waals surface area contributed by atoms with Gasteiger partial charge in [0.05, 0.1) is 5.56 Å². The van der Waals surface area contributed by atoms with Gasteiger partial charge in [-0.3, -0.25) is 0 Å². The number of rotatable bonds is 3. The predicted octanol–water partition coefficient (Wildman–Crippen LogP) is 3.99. The molecular weight excluding hydrogens is 337 g/mol. The van der Waals surface area contributed by atoms with E-state index in [2.05, 4.69) is 20.9 Å². The number of nitrogens with zero attached hydrogens (tertiary/aromatic N) is 1. The Morgan fingerprint density at radius 1 is 1.42 bits per heavy atom. The molecule has 0 aliphatic rings. The van der Waals surface area contributed by atoms with Crippen LogP contribution in [0.3, 0.4) is 0 Å². The third-order valence-corrected chi connectivity index (χ3v) is 3.08. The van der Waals surface area contributed by atoms with E-state index >= 15 is 0 Å². The van der Waals surface area contributed by atoms with E-state index in [1.807, 2.05) is 0 Å². The second-order valence-electron chi connectivity index (χ2n) is 3.66. The van der Waals surface area contributed by atoms with Gasteiger partial charge in [-0.05, 0) is 28.1 Å². The zero-order valence-electron chi connectivity index (χ0n) is 9.57. The van der Waals surface area contributed by atoms with Crippen LogP contribution in [0.2, 0.25) is 5.15 Å². The van der Waals surface area contributed by atoms with Gasteiger partial charge in [0, 0.05) is 16.2 Å². The van der Waals surface area contributed by atoms with E-state index in [1.165, 1.54) is 18.3 Å². The summed E-state index contributed by atoms with van der Waals surface area (Å²) in [6.45, 7) is -0.158. The van der Waals surface area contributed by atoms with Gasteiger partial charge in [-0.2, -0.15) is 0 Å². The lowest BCUT2D eigenvalue weighted by Crippen LogP contribution is -2.07. The van der Waals surface area contributed by atoms with Gasteiger partial charge in [0.25, 0.3) is 0 Å². The molecule has 0 N–H and O–H groups in total. The van der Waals surface area contributed by atoms with E-state index in [4.69, 9.17) is 16.3 Å². The second-order valence-corrected chi connectivity index (χ2v) is 4.93. The van der Waals surface area contributed by atoms with Gasteiger partial charge in [-0.25, -0.2) is 14.2 Å². The van der Waals surface area contributed by atoms with Crippen LogP contribution < -0.4 is 0 Å². The first-order chi connectivity index (χ1) is 9.08. The van der Waals surface area contributed by atoms with Gasteiger partial charge < -0.3 is 4.74 Å². The van der Waals surface area contributed by atoms with Crippen molar-refractivity contribution in [3.05, 3.63) is 63.1 Å². The Hall–Kier alpha value is -1.46. The molecule has 0 saturated heterocycles. The number of benzene rings is 1. The third-order valence-electron chi connectivity index (χ3n) is 2.34. The van der Waals surface area contributed by atoms with Crippen LogP contribution in [0.15, 0.2) is 41.0 Å². The highest BCUT2D eigenvalue weighted by molar-refractivity contribution is 9.10. The Balaban J connectivity index is 2.10. The summed E-state index contributed by atoms with van der Waals surface area (Å²) < 4.78 is 19.0. The van der Waals surface area contributed by atoms with E-state index in [0.29, 0.717) is 10.0 Å². The van der Waals surface area contributed by atoms with E-state index in [-0.39, 0.29) is 17.3 Å². The zero-order chi connectivity index (χ0) is 13.8. The van der Waals surface area contributed by atoms with Gasteiger partial charge in [0.1, 0.15) is 17.6 Å². The third kappa shape index (κ3) is 3.52. The van der Waals surface area contributed by atoms with E-state index in [0.717, 1.165) is 0 Å². The molecule has 2 aromatic rings. The second kappa shape index (κ2) is 6.12. The van der Waals surface area contributed by atoms with Crippen LogP contribution >= 0.6 is 27.5 Å². The Morgan fingerprint density at radius 2 is 2.16 bits per heavy atom. The minimum atomic E-state index is -0.651. The molecule has 6 heteroatoms. The summed E-state index contributed by atoms with van der Waals surface area (Å²) in [6.07, 6.45) is 1.47. The van der Waals surface area contributed by atoms with E-state index in [9.17, 15) is 9.18 Å². The van der Waals surface area contributed by atoms with Crippen molar-refractivity contribution in [2.45, 2.75) is 6.61 Å². The maximum atomic E-state index is 13.3. The molecule has 0 atom stereocenters. The number of aromatic nitrogens is 1. The number of pyridine rings is 1. The average molecular weight is 345 g/mol. The van der Waals surface area contributed by atoms with Crippen molar-refractivity contribution < 1.29 is 13.9 Å². The van der Waals surface area contributed by atoms with Gasteiger partial charge in [-0.15, -0.1) is 0 Å². The molecule has 0 saturated carbocycles. The summed E-state index contributed by atoms with van der Waals surface area (Å²) in [5.74, 6) is -1.07. The van der Waals surface area contributed by atoms with Gasteiger partial charge in [-0.1, -0.05) is 29.8 Å². The van der Waals surface area contributed by atoms with Crippen molar-refractivity contribution in [2.24, 2.45) is 0 Å². The molecule has 0 bridgehead atoms. The number of halogens is 3. The molecule has 0 unspecified atom stereocenters. The highest BCUT2D eigenvalue weighted by atomic mass is 79.9. The molecule has 0 amide bonds. The minimum absolute atomic E-state index is 0.0433. The first kappa shape index (κ1) is 14.0. The highest BCUT2D eigenvalue weighted by Crippen LogP contribution is 2.19. The lowest BCUT2D eigenvalue weighted by Gasteiger charge is -2.07. The van der Waals surface area contributed by atoms with Crippen molar-refractivity contribution >= 4 is 33.5 Å². The SMILES string of the molecule is O=C(OCc1ccccc1F)c1cc(Br)cnc1Cl. The van der Waals surface area contributed by atoms with Crippen LogP contribution in [0.1, 0.15) is 15.9 Å².